The number of aryl methyl sites for hydroxylation is 2. The third-order valence-corrected chi connectivity index (χ3v) is 7.61. The lowest BCUT2D eigenvalue weighted by molar-refractivity contribution is -0.149. The zero-order valence-corrected chi connectivity index (χ0v) is 21.6. The number of urea groups is 1. The summed E-state index contributed by atoms with van der Waals surface area (Å²) in [4.78, 5) is 53.4. The van der Waals surface area contributed by atoms with Crippen molar-refractivity contribution < 1.29 is 24.3 Å². The molecule has 4 amide bonds. The Hall–Kier alpha value is -3.98. The summed E-state index contributed by atoms with van der Waals surface area (Å²) >= 11 is 0. The Bertz CT molecular complexity index is 1240. The van der Waals surface area contributed by atoms with Crippen LogP contribution in [-0.4, -0.2) is 47.0 Å². The Labute approximate surface area is 222 Å². The lowest BCUT2D eigenvalue weighted by atomic mass is 9.77. The highest BCUT2D eigenvalue weighted by Crippen LogP contribution is 2.48. The van der Waals surface area contributed by atoms with E-state index < -0.39 is 47.2 Å². The molecule has 38 heavy (non-hydrogen) atoms. The first kappa shape index (κ1) is 27.1. The quantitative estimate of drug-likeness (QED) is 0.281. The second-order valence-electron chi connectivity index (χ2n) is 9.76. The number of nitrogens with one attached hydrogen (secondary N) is 2. The summed E-state index contributed by atoms with van der Waals surface area (Å²) < 4.78 is 0. The van der Waals surface area contributed by atoms with Crippen LogP contribution in [0, 0.1) is 11.8 Å². The van der Waals surface area contributed by atoms with Crippen molar-refractivity contribution in [2.24, 2.45) is 17.6 Å². The summed E-state index contributed by atoms with van der Waals surface area (Å²) in [5.41, 5.74) is 6.66. The molecule has 2 aliphatic heterocycles. The average Bonchev–Trinajstić information content (AvgIpc) is 3.38. The average molecular weight is 519 g/mol. The number of para-hydroxylation sites is 1. The highest BCUT2D eigenvalue weighted by Gasteiger charge is 2.67. The molecule has 2 aliphatic rings. The molecule has 0 aromatic heterocycles. The molecule has 2 aromatic carbocycles. The van der Waals surface area contributed by atoms with E-state index in [0.29, 0.717) is 18.5 Å². The van der Waals surface area contributed by atoms with Gasteiger partial charge >= 0.3 is 12.0 Å². The summed E-state index contributed by atoms with van der Waals surface area (Å²) in [5.74, 6) is -4.11. The highest BCUT2D eigenvalue weighted by atomic mass is 16.4. The van der Waals surface area contributed by atoms with Crippen molar-refractivity contribution in [3.8, 4) is 0 Å². The Balaban J connectivity index is 1.79. The van der Waals surface area contributed by atoms with E-state index in [1.807, 2.05) is 68.5 Å². The molecule has 9 nitrogen and oxygen atoms in total. The predicted octanol–water partition coefficient (Wildman–Crippen LogP) is 2.87. The number of rotatable bonds is 10. The van der Waals surface area contributed by atoms with Crippen molar-refractivity contribution in [3.63, 3.8) is 0 Å². The van der Waals surface area contributed by atoms with Crippen molar-refractivity contribution in [1.29, 1.82) is 0 Å². The topological polar surface area (TPSA) is 142 Å². The molecule has 0 bridgehead atoms. The Morgan fingerprint density at radius 2 is 1.71 bits per heavy atom. The maximum absolute atomic E-state index is 14.1. The van der Waals surface area contributed by atoms with E-state index in [4.69, 9.17) is 5.73 Å². The van der Waals surface area contributed by atoms with Crippen molar-refractivity contribution in [2.75, 3.05) is 11.4 Å². The second-order valence-corrected chi connectivity index (χ2v) is 9.76. The molecule has 4 rings (SSSR count). The minimum atomic E-state index is -1.69. The number of hydrogen-bond donors (Lipinski definition) is 4. The van der Waals surface area contributed by atoms with Gasteiger partial charge in [0, 0.05) is 12.6 Å². The van der Waals surface area contributed by atoms with Gasteiger partial charge in [-0.05, 0) is 42.4 Å². The van der Waals surface area contributed by atoms with Crippen molar-refractivity contribution in [1.82, 2.24) is 10.6 Å². The van der Waals surface area contributed by atoms with Gasteiger partial charge in [-0.25, -0.2) is 9.69 Å². The molecule has 2 saturated heterocycles. The summed E-state index contributed by atoms with van der Waals surface area (Å²) in [5, 5.41) is 16.1. The molecule has 0 saturated carbocycles. The molecule has 0 aliphatic carbocycles. The van der Waals surface area contributed by atoms with Crippen LogP contribution in [0.5, 0.6) is 0 Å². The molecule has 5 N–H and O–H groups in total. The molecular formula is C29H34N4O5. The van der Waals surface area contributed by atoms with Crippen molar-refractivity contribution >= 4 is 35.6 Å². The fraction of sp³-hybridized carbons (Fsp3) is 0.379. The standard InChI is InChI=1S/C29H34N4O5/c1-3-19-12-8-13-20(4-2)24(19)33-25(34)22-21(15-14-18-10-6-5-7-11-18)32-29(27(36)37,23(22)26(33)35)16-9-17-31-28(30)38/h5-8,10-15,21-23,32H,3-4,9,16-17H2,1-2H3,(H,36,37)(H3,30,31,38). The Morgan fingerprint density at radius 3 is 2.29 bits per heavy atom. The Kier molecular flexibility index (Phi) is 7.97. The monoisotopic (exact) mass is 518 g/mol. The smallest absolute Gasteiger partial charge is 0.324 e. The molecule has 2 heterocycles. The number of carboxylic acids is 1. The Morgan fingerprint density at radius 1 is 1.05 bits per heavy atom. The zero-order valence-electron chi connectivity index (χ0n) is 21.6. The number of nitrogens with zero attached hydrogens (tertiary/aromatic N) is 1. The van der Waals surface area contributed by atoms with Crippen LogP contribution in [0.1, 0.15) is 43.4 Å². The van der Waals surface area contributed by atoms with Crippen LogP contribution in [-0.2, 0) is 27.2 Å². The van der Waals surface area contributed by atoms with Gasteiger partial charge in [0.15, 0.2) is 0 Å². The van der Waals surface area contributed by atoms with E-state index in [9.17, 15) is 24.3 Å². The normalized spacial score (nSPS) is 24.7. The number of amides is 4. The molecule has 0 spiro atoms. The maximum Gasteiger partial charge on any atom is 0.324 e. The maximum atomic E-state index is 14.1. The third kappa shape index (κ3) is 4.81. The van der Waals surface area contributed by atoms with Gasteiger partial charge in [0.05, 0.1) is 17.5 Å². The van der Waals surface area contributed by atoms with Crippen LogP contribution in [0.4, 0.5) is 10.5 Å². The van der Waals surface area contributed by atoms with Gasteiger partial charge in [-0.2, -0.15) is 0 Å². The van der Waals surface area contributed by atoms with Crippen LogP contribution in [0.25, 0.3) is 6.08 Å². The number of carbonyl (C=O) groups is 4. The number of hydrogen-bond acceptors (Lipinski definition) is 5. The SMILES string of the molecule is CCc1cccc(CC)c1N1C(=O)C2C(C=Cc3ccccc3)NC(CCCNC(N)=O)(C(=O)O)C2C1=O. The molecule has 2 fully saturated rings. The van der Waals surface area contributed by atoms with E-state index in [-0.39, 0.29) is 19.4 Å². The molecule has 0 radical (unpaired) electrons. The summed E-state index contributed by atoms with van der Waals surface area (Å²) in [7, 11) is 0. The van der Waals surface area contributed by atoms with Gasteiger partial charge in [0.2, 0.25) is 11.8 Å². The van der Waals surface area contributed by atoms with E-state index >= 15 is 0 Å². The van der Waals surface area contributed by atoms with Crippen LogP contribution in [0.3, 0.4) is 0 Å². The minimum absolute atomic E-state index is 0.0301. The van der Waals surface area contributed by atoms with Crippen LogP contribution < -0.4 is 21.3 Å². The number of fused-ring (bicyclic) bond motifs is 1. The second kappa shape index (κ2) is 11.2. The van der Waals surface area contributed by atoms with Crippen LogP contribution in [0.2, 0.25) is 0 Å². The molecule has 200 valence electrons. The van der Waals surface area contributed by atoms with Crippen molar-refractivity contribution in [2.45, 2.75) is 51.1 Å². The lowest BCUT2D eigenvalue weighted by Crippen LogP contribution is -2.57. The number of imide groups is 1. The number of anilines is 1. The molecule has 2 aromatic rings. The van der Waals surface area contributed by atoms with Gasteiger partial charge < -0.3 is 16.2 Å². The predicted molar refractivity (Wildman–Crippen MR) is 144 cm³/mol. The fourth-order valence-electron chi connectivity index (χ4n) is 5.83. The molecule has 4 atom stereocenters. The summed E-state index contributed by atoms with van der Waals surface area (Å²) in [6.45, 7) is 4.08. The highest BCUT2D eigenvalue weighted by molar-refractivity contribution is 6.25. The largest absolute Gasteiger partial charge is 0.480 e. The number of carbonyl (C=O) groups excluding carboxylic acids is 3. The zero-order chi connectivity index (χ0) is 27.4. The van der Waals surface area contributed by atoms with Crippen LogP contribution >= 0.6 is 0 Å². The molecule has 4 unspecified atom stereocenters. The van der Waals surface area contributed by atoms with Gasteiger partial charge in [0.1, 0.15) is 5.54 Å². The lowest BCUT2D eigenvalue weighted by Gasteiger charge is -2.31. The number of primary amides is 1. The fourth-order valence-corrected chi connectivity index (χ4v) is 5.83. The van der Waals surface area contributed by atoms with E-state index in [2.05, 4.69) is 10.6 Å². The van der Waals surface area contributed by atoms with Gasteiger partial charge in [-0.3, -0.25) is 19.7 Å². The first-order chi connectivity index (χ1) is 18.2. The number of aliphatic carboxylic acids is 1. The van der Waals surface area contributed by atoms with Gasteiger partial charge in [-0.15, -0.1) is 0 Å². The third-order valence-electron chi connectivity index (χ3n) is 7.61. The van der Waals surface area contributed by atoms with Crippen molar-refractivity contribution in [3.05, 3.63) is 71.3 Å². The van der Waals surface area contributed by atoms with Gasteiger partial charge in [-0.1, -0.05) is 74.5 Å². The minimum Gasteiger partial charge on any atom is -0.480 e. The van der Waals surface area contributed by atoms with E-state index in [1.54, 1.807) is 6.08 Å². The first-order valence-electron chi connectivity index (χ1n) is 13.0. The van der Waals surface area contributed by atoms with E-state index in [0.717, 1.165) is 16.7 Å². The van der Waals surface area contributed by atoms with Crippen LogP contribution in [0.15, 0.2) is 54.6 Å². The molecular weight excluding hydrogens is 484 g/mol. The first-order valence-corrected chi connectivity index (χ1v) is 13.0. The summed E-state index contributed by atoms with van der Waals surface area (Å²) in [6, 6.07) is 13.8. The summed E-state index contributed by atoms with van der Waals surface area (Å²) in [6.07, 6.45) is 5.14. The number of benzene rings is 2. The molecule has 9 heteroatoms. The van der Waals surface area contributed by atoms with E-state index in [1.165, 1.54) is 4.90 Å². The number of carboxylic acid groups (broad SMARTS) is 1. The number of nitrogens with two attached hydrogens (primary N) is 1. The van der Waals surface area contributed by atoms with Gasteiger partial charge in [0.25, 0.3) is 0 Å².